The molecule has 2 rings (SSSR count). The van der Waals surface area contributed by atoms with E-state index >= 15 is 0 Å². The van der Waals surface area contributed by atoms with Gasteiger partial charge in [-0.25, -0.2) is 0 Å². The molecule has 0 saturated carbocycles. The van der Waals surface area contributed by atoms with Crippen molar-refractivity contribution in [2.45, 2.75) is 39.7 Å². The maximum Gasteiger partial charge on any atom is 0.0728 e. The van der Waals surface area contributed by atoms with Crippen molar-refractivity contribution in [2.75, 3.05) is 6.54 Å². The Morgan fingerprint density at radius 3 is 2.65 bits per heavy atom. The molecule has 0 amide bonds. The zero-order chi connectivity index (χ0) is 14.5. The molecule has 0 aliphatic carbocycles. The van der Waals surface area contributed by atoms with Gasteiger partial charge in [-0.1, -0.05) is 45.0 Å². The summed E-state index contributed by atoms with van der Waals surface area (Å²) in [6.07, 6.45) is 3.29. The lowest BCUT2D eigenvalue weighted by atomic mass is 9.96. The molecule has 3 heteroatoms. The van der Waals surface area contributed by atoms with Crippen LogP contribution in [0.3, 0.4) is 0 Å². The largest absolute Gasteiger partial charge is 0.313 e. The zero-order valence-electron chi connectivity index (χ0n) is 13.0. The summed E-state index contributed by atoms with van der Waals surface area (Å²) in [6, 6.07) is 8.62. The van der Waals surface area contributed by atoms with Crippen molar-refractivity contribution in [2.24, 2.45) is 7.05 Å². The molecule has 0 unspecified atom stereocenters. The average Bonchev–Trinajstić information content (AvgIpc) is 2.82. The van der Waals surface area contributed by atoms with Crippen LogP contribution in [0.25, 0.3) is 11.1 Å². The lowest BCUT2D eigenvalue weighted by Crippen LogP contribution is -2.14. The summed E-state index contributed by atoms with van der Waals surface area (Å²) < 4.78 is 1.92. The summed E-state index contributed by atoms with van der Waals surface area (Å²) in [5, 5.41) is 8.11. The monoisotopic (exact) mass is 271 g/mol. The highest BCUT2D eigenvalue weighted by atomic mass is 15.3. The number of aromatic nitrogens is 2. The van der Waals surface area contributed by atoms with Crippen LogP contribution in [0.2, 0.25) is 0 Å². The topological polar surface area (TPSA) is 29.9 Å². The number of benzene rings is 1. The number of hydrogen-bond donors (Lipinski definition) is 1. The molecule has 0 radical (unpaired) electrons. The molecule has 2 aromatic rings. The lowest BCUT2D eigenvalue weighted by Gasteiger charge is -2.11. The van der Waals surface area contributed by atoms with Crippen LogP contribution < -0.4 is 5.32 Å². The first-order valence-electron chi connectivity index (χ1n) is 7.46. The van der Waals surface area contributed by atoms with Crippen LogP contribution in [0.4, 0.5) is 0 Å². The molecular formula is C17H25N3. The maximum atomic E-state index is 4.62. The highest BCUT2D eigenvalue weighted by molar-refractivity contribution is 5.69. The van der Waals surface area contributed by atoms with Gasteiger partial charge in [-0.15, -0.1) is 0 Å². The summed E-state index contributed by atoms with van der Waals surface area (Å²) >= 11 is 0. The van der Waals surface area contributed by atoms with Gasteiger partial charge < -0.3 is 5.32 Å². The number of aryl methyl sites for hydroxylation is 1. The van der Waals surface area contributed by atoms with Crippen molar-refractivity contribution < 1.29 is 0 Å². The fourth-order valence-corrected chi connectivity index (χ4v) is 2.48. The summed E-state index contributed by atoms with van der Waals surface area (Å²) in [6.45, 7) is 8.55. The third kappa shape index (κ3) is 3.28. The van der Waals surface area contributed by atoms with Crippen molar-refractivity contribution in [1.29, 1.82) is 0 Å². The van der Waals surface area contributed by atoms with Crippen molar-refractivity contribution in [3.8, 4) is 11.1 Å². The minimum atomic E-state index is 0.433. The standard InChI is InChI=1S/C17H25N3/c1-5-10-18-11-14-8-6-7-9-15(14)16-12-20(4)19-17(16)13(2)3/h6-9,12-13,18H,5,10-11H2,1-4H3. The van der Waals surface area contributed by atoms with Gasteiger partial charge in [0.1, 0.15) is 0 Å². The van der Waals surface area contributed by atoms with Gasteiger partial charge in [0.15, 0.2) is 0 Å². The molecule has 1 aromatic carbocycles. The van der Waals surface area contributed by atoms with Crippen LogP contribution in [0.1, 0.15) is 44.4 Å². The smallest absolute Gasteiger partial charge is 0.0728 e. The maximum absolute atomic E-state index is 4.62. The van der Waals surface area contributed by atoms with E-state index in [4.69, 9.17) is 0 Å². The lowest BCUT2D eigenvalue weighted by molar-refractivity contribution is 0.676. The highest BCUT2D eigenvalue weighted by Crippen LogP contribution is 2.30. The molecule has 0 saturated heterocycles. The van der Waals surface area contributed by atoms with Crippen LogP contribution in [0.15, 0.2) is 30.5 Å². The average molecular weight is 271 g/mol. The van der Waals surface area contributed by atoms with Crippen molar-refractivity contribution in [1.82, 2.24) is 15.1 Å². The van der Waals surface area contributed by atoms with Gasteiger partial charge in [-0.2, -0.15) is 5.10 Å². The molecule has 0 aliphatic rings. The molecule has 3 nitrogen and oxygen atoms in total. The molecular weight excluding hydrogens is 246 g/mol. The Hall–Kier alpha value is -1.61. The Morgan fingerprint density at radius 1 is 1.20 bits per heavy atom. The van der Waals surface area contributed by atoms with E-state index in [1.54, 1.807) is 0 Å². The quantitative estimate of drug-likeness (QED) is 0.812. The predicted octanol–water partition coefficient (Wildman–Crippen LogP) is 3.71. The Balaban J connectivity index is 2.37. The second kappa shape index (κ2) is 6.71. The van der Waals surface area contributed by atoms with E-state index in [-0.39, 0.29) is 0 Å². The molecule has 0 aliphatic heterocycles. The first-order chi connectivity index (χ1) is 9.63. The van der Waals surface area contributed by atoms with Gasteiger partial charge >= 0.3 is 0 Å². The van der Waals surface area contributed by atoms with E-state index in [9.17, 15) is 0 Å². The number of hydrogen-bond acceptors (Lipinski definition) is 2. The number of nitrogens with one attached hydrogen (secondary N) is 1. The van der Waals surface area contributed by atoms with E-state index in [0.717, 1.165) is 19.5 Å². The first-order valence-corrected chi connectivity index (χ1v) is 7.46. The van der Waals surface area contributed by atoms with Gasteiger partial charge in [-0.05, 0) is 30.0 Å². The molecule has 0 bridgehead atoms. The SMILES string of the molecule is CCCNCc1ccccc1-c1cn(C)nc1C(C)C. The predicted molar refractivity (Wildman–Crippen MR) is 84.7 cm³/mol. The normalized spacial score (nSPS) is 11.2. The Labute approximate surface area is 122 Å². The first kappa shape index (κ1) is 14.8. The van der Waals surface area contributed by atoms with E-state index < -0.39 is 0 Å². The van der Waals surface area contributed by atoms with Crippen molar-refractivity contribution >= 4 is 0 Å². The van der Waals surface area contributed by atoms with Gasteiger partial charge in [0, 0.05) is 25.4 Å². The highest BCUT2D eigenvalue weighted by Gasteiger charge is 2.15. The van der Waals surface area contributed by atoms with Gasteiger partial charge in [0.05, 0.1) is 5.69 Å². The van der Waals surface area contributed by atoms with Crippen molar-refractivity contribution in [3.05, 3.63) is 41.7 Å². The Kier molecular flexibility index (Phi) is 4.96. The third-order valence-electron chi connectivity index (χ3n) is 3.45. The summed E-state index contributed by atoms with van der Waals surface area (Å²) in [5.74, 6) is 0.433. The van der Waals surface area contributed by atoms with E-state index in [2.05, 4.69) is 61.6 Å². The minimum absolute atomic E-state index is 0.433. The molecule has 0 atom stereocenters. The Bertz CT molecular complexity index is 555. The number of rotatable bonds is 6. The summed E-state index contributed by atoms with van der Waals surface area (Å²) in [5.41, 5.74) is 5.08. The zero-order valence-corrected chi connectivity index (χ0v) is 13.0. The van der Waals surface area contributed by atoms with Crippen LogP contribution in [0, 0.1) is 0 Å². The molecule has 1 N–H and O–H groups in total. The fourth-order valence-electron chi connectivity index (χ4n) is 2.48. The summed E-state index contributed by atoms with van der Waals surface area (Å²) in [4.78, 5) is 0. The van der Waals surface area contributed by atoms with E-state index in [0.29, 0.717) is 5.92 Å². The van der Waals surface area contributed by atoms with Gasteiger partial charge in [0.25, 0.3) is 0 Å². The molecule has 0 fully saturated rings. The molecule has 108 valence electrons. The second-order valence-electron chi connectivity index (χ2n) is 5.59. The van der Waals surface area contributed by atoms with Crippen molar-refractivity contribution in [3.63, 3.8) is 0 Å². The Morgan fingerprint density at radius 2 is 1.95 bits per heavy atom. The number of nitrogens with zero attached hydrogens (tertiary/aromatic N) is 2. The van der Waals surface area contributed by atoms with Crippen LogP contribution in [0.5, 0.6) is 0 Å². The second-order valence-corrected chi connectivity index (χ2v) is 5.59. The molecule has 1 aromatic heterocycles. The minimum Gasteiger partial charge on any atom is -0.313 e. The third-order valence-corrected chi connectivity index (χ3v) is 3.45. The van der Waals surface area contributed by atoms with Gasteiger partial charge in [0.2, 0.25) is 0 Å². The summed E-state index contributed by atoms with van der Waals surface area (Å²) in [7, 11) is 1.99. The van der Waals surface area contributed by atoms with Gasteiger partial charge in [-0.3, -0.25) is 4.68 Å². The van der Waals surface area contributed by atoms with E-state index in [1.807, 2.05) is 11.7 Å². The van der Waals surface area contributed by atoms with E-state index in [1.165, 1.54) is 22.4 Å². The molecule has 20 heavy (non-hydrogen) atoms. The van der Waals surface area contributed by atoms with Crippen LogP contribution >= 0.6 is 0 Å². The van der Waals surface area contributed by atoms with Crippen LogP contribution in [-0.4, -0.2) is 16.3 Å². The van der Waals surface area contributed by atoms with Crippen LogP contribution in [-0.2, 0) is 13.6 Å². The molecule has 1 heterocycles. The fraction of sp³-hybridized carbons (Fsp3) is 0.471. The molecule has 0 spiro atoms.